The molecule has 1 aliphatic rings. The molecule has 0 aliphatic carbocycles. The lowest BCUT2D eigenvalue weighted by Crippen LogP contribution is -2.15. The molecule has 3 heterocycles. The van der Waals surface area contributed by atoms with Crippen LogP contribution in [0.25, 0.3) is 0 Å². The quantitative estimate of drug-likeness (QED) is 0.655. The molecule has 0 fully saturated rings. The van der Waals surface area contributed by atoms with Crippen molar-refractivity contribution in [2.24, 2.45) is 0 Å². The van der Waals surface area contributed by atoms with Crippen molar-refractivity contribution in [3.8, 4) is 11.6 Å². The van der Waals surface area contributed by atoms with Crippen molar-refractivity contribution in [3.05, 3.63) is 75.7 Å². The number of halogens is 2. The molecular formula is C20H15Cl2N3O3. The molecule has 0 radical (unpaired) electrons. The molecule has 0 saturated heterocycles. The van der Waals surface area contributed by atoms with E-state index in [0.29, 0.717) is 46.1 Å². The number of hydrogen-bond donors (Lipinski definition) is 1. The third kappa shape index (κ3) is 4.09. The fraction of sp³-hybridized carbons (Fsp3) is 0.150. The van der Waals surface area contributed by atoms with Crippen LogP contribution in [0.1, 0.15) is 21.6 Å². The molecule has 4 rings (SSSR count). The van der Waals surface area contributed by atoms with E-state index in [1.165, 1.54) is 6.20 Å². The average Bonchev–Trinajstić information content (AvgIpc) is 2.72. The fourth-order valence-corrected chi connectivity index (χ4v) is 3.09. The summed E-state index contributed by atoms with van der Waals surface area (Å²) in [5.41, 5.74) is 3.00. The summed E-state index contributed by atoms with van der Waals surface area (Å²) in [5.74, 6) is 0.396. The first-order chi connectivity index (χ1) is 13.6. The summed E-state index contributed by atoms with van der Waals surface area (Å²) in [6.07, 6.45) is 3.86. The lowest BCUT2D eigenvalue weighted by atomic mass is 10.1. The standard InChI is InChI=1S/C20H15Cl2N3O3/c21-15-2-1-3-17(19(15)22)28-18-5-4-12(9-24-18)20(26)25-14-8-13-11-27-7-6-16(13)23-10-14/h1-5,8-10H,6-7,11H2,(H,25,26). The zero-order valence-corrected chi connectivity index (χ0v) is 16.1. The van der Waals surface area contributed by atoms with Gasteiger partial charge in [0.2, 0.25) is 5.88 Å². The monoisotopic (exact) mass is 415 g/mol. The van der Waals surface area contributed by atoms with Crippen molar-refractivity contribution >= 4 is 34.8 Å². The zero-order chi connectivity index (χ0) is 19.5. The largest absolute Gasteiger partial charge is 0.437 e. The van der Waals surface area contributed by atoms with Crippen LogP contribution in [0.15, 0.2) is 48.8 Å². The molecule has 1 amide bonds. The van der Waals surface area contributed by atoms with E-state index in [1.54, 1.807) is 36.5 Å². The number of nitrogens with zero attached hydrogens (tertiary/aromatic N) is 2. The van der Waals surface area contributed by atoms with Gasteiger partial charge in [-0.25, -0.2) is 4.98 Å². The van der Waals surface area contributed by atoms with E-state index >= 15 is 0 Å². The third-order valence-corrected chi connectivity index (χ3v) is 4.99. The van der Waals surface area contributed by atoms with Crippen molar-refractivity contribution < 1.29 is 14.3 Å². The highest BCUT2D eigenvalue weighted by atomic mass is 35.5. The van der Waals surface area contributed by atoms with Crippen molar-refractivity contribution in [3.63, 3.8) is 0 Å². The Hall–Kier alpha value is -2.67. The Kier molecular flexibility index (Phi) is 5.43. The summed E-state index contributed by atoms with van der Waals surface area (Å²) >= 11 is 12.1. The minimum absolute atomic E-state index is 0.293. The number of benzene rings is 1. The van der Waals surface area contributed by atoms with E-state index in [0.717, 1.165) is 17.7 Å². The maximum absolute atomic E-state index is 12.5. The molecule has 0 bridgehead atoms. The average molecular weight is 416 g/mol. The van der Waals surface area contributed by atoms with Gasteiger partial charge in [0, 0.05) is 29.9 Å². The predicted octanol–water partition coefficient (Wildman–Crippen LogP) is 4.90. The van der Waals surface area contributed by atoms with Crippen LogP contribution in [0.3, 0.4) is 0 Å². The molecule has 6 nitrogen and oxygen atoms in total. The van der Waals surface area contributed by atoms with Crippen molar-refractivity contribution in [1.29, 1.82) is 0 Å². The Bertz CT molecular complexity index is 1030. The van der Waals surface area contributed by atoms with Crippen LogP contribution in [0.5, 0.6) is 11.6 Å². The van der Waals surface area contributed by atoms with Gasteiger partial charge in [0.05, 0.1) is 35.7 Å². The number of aromatic nitrogens is 2. The second kappa shape index (κ2) is 8.14. The Morgan fingerprint density at radius 2 is 2.04 bits per heavy atom. The summed E-state index contributed by atoms with van der Waals surface area (Å²) in [5, 5.41) is 3.51. The van der Waals surface area contributed by atoms with Gasteiger partial charge in [0.15, 0.2) is 0 Å². The van der Waals surface area contributed by atoms with Gasteiger partial charge in [0.1, 0.15) is 10.8 Å². The number of fused-ring (bicyclic) bond motifs is 1. The van der Waals surface area contributed by atoms with Gasteiger partial charge in [-0.1, -0.05) is 29.3 Å². The second-order valence-corrected chi connectivity index (χ2v) is 6.91. The lowest BCUT2D eigenvalue weighted by molar-refractivity contribution is 0.102. The van der Waals surface area contributed by atoms with Gasteiger partial charge in [-0.2, -0.15) is 0 Å². The molecule has 1 aromatic carbocycles. The molecule has 8 heteroatoms. The summed E-state index contributed by atoms with van der Waals surface area (Å²) in [6.45, 7) is 1.18. The zero-order valence-electron chi connectivity index (χ0n) is 14.6. The van der Waals surface area contributed by atoms with Crippen LogP contribution in [-0.4, -0.2) is 22.5 Å². The molecule has 0 unspecified atom stereocenters. The maximum atomic E-state index is 12.5. The number of pyridine rings is 2. The SMILES string of the molecule is O=C(Nc1cnc2c(c1)COCC2)c1ccc(Oc2cccc(Cl)c2Cl)nc1. The molecule has 28 heavy (non-hydrogen) atoms. The van der Waals surface area contributed by atoms with E-state index in [4.69, 9.17) is 32.7 Å². The van der Waals surface area contributed by atoms with Crippen LogP contribution in [0, 0.1) is 0 Å². The number of nitrogens with one attached hydrogen (secondary N) is 1. The number of rotatable bonds is 4. The molecule has 1 N–H and O–H groups in total. The highest BCUT2D eigenvalue weighted by Crippen LogP contribution is 2.34. The molecule has 3 aromatic rings. The van der Waals surface area contributed by atoms with Crippen molar-refractivity contribution in [2.75, 3.05) is 11.9 Å². The van der Waals surface area contributed by atoms with Crippen molar-refractivity contribution in [1.82, 2.24) is 9.97 Å². The molecule has 142 valence electrons. The molecular weight excluding hydrogens is 401 g/mol. The van der Waals surface area contributed by atoms with Gasteiger partial charge in [-0.05, 0) is 24.3 Å². The van der Waals surface area contributed by atoms with Gasteiger partial charge >= 0.3 is 0 Å². The Morgan fingerprint density at radius 3 is 2.86 bits per heavy atom. The molecule has 1 aliphatic heterocycles. The molecule has 0 spiro atoms. The van der Waals surface area contributed by atoms with Gasteiger partial charge in [-0.15, -0.1) is 0 Å². The number of carbonyl (C=O) groups is 1. The first-order valence-corrected chi connectivity index (χ1v) is 9.30. The van der Waals surface area contributed by atoms with E-state index in [2.05, 4.69) is 15.3 Å². The summed E-state index contributed by atoms with van der Waals surface area (Å²) in [6, 6.07) is 10.2. The Labute approximate surface area is 171 Å². The normalized spacial score (nSPS) is 12.9. The van der Waals surface area contributed by atoms with Crippen LogP contribution in [0.4, 0.5) is 5.69 Å². The van der Waals surface area contributed by atoms with E-state index in [1.807, 2.05) is 6.07 Å². The molecule has 2 aromatic heterocycles. The summed E-state index contributed by atoms with van der Waals surface area (Å²) in [7, 11) is 0. The van der Waals surface area contributed by atoms with Gasteiger partial charge in [0.25, 0.3) is 5.91 Å². The van der Waals surface area contributed by atoms with E-state index in [-0.39, 0.29) is 5.91 Å². The summed E-state index contributed by atoms with van der Waals surface area (Å²) in [4.78, 5) is 21.0. The first kappa shape index (κ1) is 18.7. The number of anilines is 1. The highest BCUT2D eigenvalue weighted by molar-refractivity contribution is 6.42. The molecule has 0 saturated carbocycles. The van der Waals surface area contributed by atoms with Crippen LogP contribution in [-0.2, 0) is 17.8 Å². The van der Waals surface area contributed by atoms with E-state index in [9.17, 15) is 4.79 Å². The lowest BCUT2D eigenvalue weighted by Gasteiger charge is -2.16. The van der Waals surface area contributed by atoms with Gasteiger partial charge in [-0.3, -0.25) is 9.78 Å². The highest BCUT2D eigenvalue weighted by Gasteiger charge is 2.14. The first-order valence-electron chi connectivity index (χ1n) is 8.55. The number of carbonyl (C=O) groups excluding carboxylic acids is 1. The van der Waals surface area contributed by atoms with Gasteiger partial charge < -0.3 is 14.8 Å². The van der Waals surface area contributed by atoms with E-state index < -0.39 is 0 Å². The minimum atomic E-state index is -0.293. The second-order valence-electron chi connectivity index (χ2n) is 6.13. The number of amides is 1. The summed E-state index contributed by atoms with van der Waals surface area (Å²) < 4.78 is 11.0. The topological polar surface area (TPSA) is 73.3 Å². The number of ether oxygens (including phenoxy) is 2. The Balaban J connectivity index is 1.45. The minimum Gasteiger partial charge on any atom is -0.437 e. The number of hydrogen-bond acceptors (Lipinski definition) is 5. The smallest absolute Gasteiger partial charge is 0.257 e. The van der Waals surface area contributed by atoms with Crippen LogP contribution in [0.2, 0.25) is 10.0 Å². The van der Waals surface area contributed by atoms with Crippen LogP contribution < -0.4 is 10.1 Å². The van der Waals surface area contributed by atoms with Crippen LogP contribution >= 0.6 is 23.2 Å². The third-order valence-electron chi connectivity index (χ3n) is 4.19. The fourth-order valence-electron chi connectivity index (χ4n) is 2.76. The maximum Gasteiger partial charge on any atom is 0.257 e. The van der Waals surface area contributed by atoms with Crippen molar-refractivity contribution in [2.45, 2.75) is 13.0 Å². The Morgan fingerprint density at radius 1 is 1.14 bits per heavy atom. The molecule has 0 atom stereocenters. The predicted molar refractivity (Wildman–Crippen MR) is 106 cm³/mol.